The number of benzene rings is 1. The number of rotatable bonds is 10. The molecule has 9 heteroatoms. The van der Waals surface area contributed by atoms with E-state index in [1.54, 1.807) is 42.6 Å². The zero-order valence-electron chi connectivity index (χ0n) is 17.8. The van der Waals surface area contributed by atoms with Crippen LogP contribution in [0.4, 0.5) is 0 Å². The second kappa shape index (κ2) is 12.0. The summed E-state index contributed by atoms with van der Waals surface area (Å²) in [5, 5.41) is 2.66. The van der Waals surface area contributed by atoms with Crippen LogP contribution >= 0.6 is 0 Å². The van der Waals surface area contributed by atoms with Crippen molar-refractivity contribution in [2.45, 2.75) is 56.4 Å². The second-order valence-electron chi connectivity index (χ2n) is 7.55. The Labute approximate surface area is 179 Å². The van der Waals surface area contributed by atoms with Gasteiger partial charge >= 0.3 is 5.97 Å². The Kier molecular flexibility index (Phi) is 9.74. The van der Waals surface area contributed by atoms with Gasteiger partial charge in [-0.25, -0.2) is 8.42 Å². The monoisotopic (exact) mass is 440 g/mol. The molecule has 8 nitrogen and oxygen atoms in total. The molecule has 168 valence electrons. The summed E-state index contributed by atoms with van der Waals surface area (Å²) in [4.78, 5) is 23.8. The van der Waals surface area contributed by atoms with Crippen LogP contribution in [0.2, 0.25) is 0 Å². The number of nitrogens with one attached hydrogen (secondary N) is 1. The molecule has 1 unspecified atom stereocenters. The standard InChI is InChI=1S/C21H32N2O6S/c1-17(15-28-2)22-20(24)16-29-21(25)12-9-18-7-10-19(11-8-18)30(26,27)23-13-5-3-4-6-14-23/h7-8,10-11,17H,3-6,9,12-16H2,1-2H3,(H,22,24). The quantitative estimate of drug-likeness (QED) is 0.558. The molecule has 0 bridgehead atoms. The van der Waals surface area contributed by atoms with Gasteiger partial charge in [0.2, 0.25) is 10.0 Å². The van der Waals surface area contributed by atoms with Gasteiger partial charge in [-0.05, 0) is 43.9 Å². The second-order valence-corrected chi connectivity index (χ2v) is 9.48. The van der Waals surface area contributed by atoms with Gasteiger partial charge in [0.15, 0.2) is 6.61 Å². The Morgan fingerprint density at radius 3 is 2.33 bits per heavy atom. The van der Waals surface area contributed by atoms with E-state index < -0.39 is 16.0 Å². The molecule has 1 amide bonds. The highest BCUT2D eigenvalue weighted by Gasteiger charge is 2.24. The van der Waals surface area contributed by atoms with Crippen molar-refractivity contribution < 1.29 is 27.5 Å². The van der Waals surface area contributed by atoms with Crippen LogP contribution in [-0.2, 0) is 35.5 Å². The Morgan fingerprint density at radius 2 is 1.73 bits per heavy atom. The third-order valence-electron chi connectivity index (χ3n) is 4.93. The average Bonchev–Trinajstić information content (AvgIpc) is 3.01. The molecule has 1 heterocycles. The van der Waals surface area contributed by atoms with Crippen molar-refractivity contribution in [2.24, 2.45) is 0 Å². The number of esters is 1. The molecule has 0 saturated carbocycles. The minimum absolute atomic E-state index is 0.110. The maximum absolute atomic E-state index is 12.8. The summed E-state index contributed by atoms with van der Waals surface area (Å²) in [6.07, 6.45) is 4.43. The summed E-state index contributed by atoms with van der Waals surface area (Å²) in [5.41, 5.74) is 0.833. The molecule has 0 aromatic heterocycles. The lowest BCUT2D eigenvalue weighted by atomic mass is 10.1. The molecule has 1 N–H and O–H groups in total. The number of sulfonamides is 1. The number of ether oxygens (including phenoxy) is 2. The predicted octanol–water partition coefficient (Wildman–Crippen LogP) is 1.88. The summed E-state index contributed by atoms with van der Waals surface area (Å²) in [7, 11) is -1.94. The Balaban J connectivity index is 1.80. The number of hydrogen-bond donors (Lipinski definition) is 1. The van der Waals surface area contributed by atoms with Crippen LogP contribution < -0.4 is 5.32 Å². The van der Waals surface area contributed by atoms with Crippen molar-refractivity contribution >= 4 is 21.9 Å². The van der Waals surface area contributed by atoms with Gasteiger partial charge in [-0.2, -0.15) is 4.31 Å². The molecule has 1 fully saturated rings. The Hall–Kier alpha value is -1.97. The first-order chi connectivity index (χ1) is 14.3. The highest BCUT2D eigenvalue weighted by molar-refractivity contribution is 7.89. The largest absolute Gasteiger partial charge is 0.456 e. The van der Waals surface area contributed by atoms with Crippen LogP contribution in [0.25, 0.3) is 0 Å². The van der Waals surface area contributed by atoms with Gasteiger partial charge < -0.3 is 14.8 Å². The van der Waals surface area contributed by atoms with Gasteiger partial charge in [0.25, 0.3) is 5.91 Å². The molecule has 1 aliphatic heterocycles. The number of nitrogens with zero attached hydrogens (tertiary/aromatic N) is 1. The van der Waals surface area contributed by atoms with E-state index in [1.165, 1.54) is 0 Å². The maximum atomic E-state index is 12.8. The molecule has 1 aliphatic rings. The van der Waals surface area contributed by atoms with Gasteiger partial charge in [0.05, 0.1) is 11.5 Å². The van der Waals surface area contributed by atoms with E-state index >= 15 is 0 Å². The van der Waals surface area contributed by atoms with Crippen LogP contribution in [0.5, 0.6) is 0 Å². The number of aryl methyl sites for hydroxylation is 1. The van der Waals surface area contributed by atoms with Crippen molar-refractivity contribution in [3.8, 4) is 0 Å². The number of hydrogen-bond acceptors (Lipinski definition) is 6. The summed E-state index contributed by atoms with van der Waals surface area (Å²) < 4.78 is 37.0. The normalized spacial score (nSPS) is 16.5. The van der Waals surface area contributed by atoms with Gasteiger partial charge in [0, 0.05) is 32.7 Å². The van der Waals surface area contributed by atoms with E-state index in [0.29, 0.717) is 26.1 Å². The van der Waals surface area contributed by atoms with Crippen LogP contribution in [-0.4, -0.2) is 64.1 Å². The summed E-state index contributed by atoms with van der Waals surface area (Å²) in [6, 6.07) is 6.45. The highest BCUT2D eigenvalue weighted by atomic mass is 32.2. The van der Waals surface area contributed by atoms with E-state index in [2.05, 4.69) is 5.32 Å². The van der Waals surface area contributed by atoms with Gasteiger partial charge in [-0.15, -0.1) is 0 Å². The first-order valence-corrected chi connectivity index (χ1v) is 11.8. The minimum Gasteiger partial charge on any atom is -0.456 e. The number of carbonyl (C=O) groups excluding carboxylic acids is 2. The van der Waals surface area contributed by atoms with E-state index in [1.807, 2.05) is 0 Å². The molecule has 1 aromatic rings. The fourth-order valence-corrected chi connectivity index (χ4v) is 4.85. The summed E-state index contributed by atoms with van der Waals surface area (Å²) in [5.74, 6) is -0.859. The smallest absolute Gasteiger partial charge is 0.306 e. The molecule has 0 spiro atoms. The Morgan fingerprint density at radius 1 is 1.10 bits per heavy atom. The lowest BCUT2D eigenvalue weighted by Gasteiger charge is -2.20. The molecule has 1 aromatic carbocycles. The van der Waals surface area contributed by atoms with Crippen molar-refractivity contribution in [3.63, 3.8) is 0 Å². The molecule has 1 atom stereocenters. The fraction of sp³-hybridized carbons (Fsp3) is 0.619. The first kappa shape index (κ1) is 24.3. The van der Waals surface area contributed by atoms with Crippen LogP contribution in [0.3, 0.4) is 0 Å². The number of amides is 1. The zero-order chi connectivity index (χ0) is 22.0. The van der Waals surface area contributed by atoms with Gasteiger partial charge in [-0.1, -0.05) is 25.0 Å². The van der Waals surface area contributed by atoms with E-state index in [4.69, 9.17) is 9.47 Å². The lowest BCUT2D eigenvalue weighted by molar-refractivity contribution is -0.148. The van der Waals surface area contributed by atoms with Crippen LogP contribution in [0.1, 0.15) is 44.6 Å². The minimum atomic E-state index is -3.48. The highest BCUT2D eigenvalue weighted by Crippen LogP contribution is 2.21. The van der Waals surface area contributed by atoms with E-state index in [-0.39, 0.29) is 29.9 Å². The van der Waals surface area contributed by atoms with Crippen molar-refractivity contribution in [1.82, 2.24) is 9.62 Å². The average molecular weight is 441 g/mol. The van der Waals surface area contributed by atoms with Gasteiger partial charge in [0.1, 0.15) is 0 Å². The molecular weight excluding hydrogens is 408 g/mol. The summed E-state index contributed by atoms with van der Waals surface area (Å²) in [6.45, 7) is 2.96. The van der Waals surface area contributed by atoms with Crippen LogP contribution in [0, 0.1) is 0 Å². The SMILES string of the molecule is COCC(C)NC(=O)COC(=O)CCc1ccc(S(=O)(=O)N2CCCCCC2)cc1. The van der Waals surface area contributed by atoms with Crippen molar-refractivity contribution in [1.29, 1.82) is 0 Å². The maximum Gasteiger partial charge on any atom is 0.306 e. The zero-order valence-corrected chi connectivity index (χ0v) is 18.6. The Bertz CT molecular complexity index is 786. The van der Waals surface area contributed by atoms with E-state index in [0.717, 1.165) is 31.2 Å². The third-order valence-corrected chi connectivity index (χ3v) is 6.85. The summed E-state index contributed by atoms with van der Waals surface area (Å²) >= 11 is 0. The van der Waals surface area contributed by atoms with E-state index in [9.17, 15) is 18.0 Å². The third kappa shape index (κ3) is 7.70. The fourth-order valence-electron chi connectivity index (χ4n) is 3.33. The van der Waals surface area contributed by atoms with Crippen LogP contribution in [0.15, 0.2) is 29.2 Å². The molecular formula is C21H32N2O6S. The lowest BCUT2D eigenvalue weighted by Crippen LogP contribution is -2.38. The molecule has 0 radical (unpaired) electrons. The predicted molar refractivity (Wildman–Crippen MR) is 112 cm³/mol. The molecule has 1 saturated heterocycles. The topological polar surface area (TPSA) is 102 Å². The van der Waals surface area contributed by atoms with Crippen molar-refractivity contribution in [3.05, 3.63) is 29.8 Å². The number of methoxy groups -OCH3 is 1. The number of carbonyl (C=O) groups is 2. The molecule has 30 heavy (non-hydrogen) atoms. The molecule has 2 rings (SSSR count). The molecule has 0 aliphatic carbocycles. The van der Waals surface area contributed by atoms with Gasteiger partial charge in [-0.3, -0.25) is 9.59 Å². The first-order valence-electron chi connectivity index (χ1n) is 10.4. The van der Waals surface area contributed by atoms with Crippen molar-refractivity contribution in [2.75, 3.05) is 33.4 Å².